The number of hydrogen-bond acceptors (Lipinski definition) is 5. The number of nitrogens with zero attached hydrogens (tertiary/aromatic N) is 1. The zero-order valence-corrected chi connectivity index (χ0v) is 14.8. The molecule has 0 radical (unpaired) electrons. The molecule has 1 amide bonds. The van der Waals surface area contributed by atoms with Crippen LogP contribution in [0.1, 0.15) is 50.5 Å². The molecule has 0 bridgehead atoms. The molecular formula is C18H29N3O3. The molecule has 1 aromatic heterocycles. The van der Waals surface area contributed by atoms with E-state index in [1.165, 1.54) is 0 Å². The molecule has 2 N–H and O–H groups in total. The highest BCUT2D eigenvalue weighted by atomic mass is 16.5. The van der Waals surface area contributed by atoms with Crippen LogP contribution in [0.4, 0.5) is 0 Å². The maximum atomic E-state index is 12.9. The predicted octanol–water partition coefficient (Wildman–Crippen LogP) is 1.86. The first-order valence-corrected chi connectivity index (χ1v) is 9.11. The first-order chi connectivity index (χ1) is 11.6. The predicted molar refractivity (Wildman–Crippen MR) is 90.8 cm³/mol. The summed E-state index contributed by atoms with van der Waals surface area (Å²) in [6, 6.07) is 2.02. The molecule has 3 heterocycles. The van der Waals surface area contributed by atoms with Crippen LogP contribution in [0, 0.1) is 11.3 Å². The molecule has 2 atom stereocenters. The van der Waals surface area contributed by atoms with Gasteiger partial charge >= 0.3 is 0 Å². The lowest BCUT2D eigenvalue weighted by Crippen LogP contribution is -2.52. The van der Waals surface area contributed by atoms with Crippen LogP contribution in [0.5, 0.6) is 0 Å². The second-order valence-electron chi connectivity index (χ2n) is 7.62. The lowest BCUT2D eigenvalue weighted by Gasteiger charge is -2.35. The van der Waals surface area contributed by atoms with Gasteiger partial charge in [0.05, 0.1) is 17.7 Å². The lowest BCUT2D eigenvalue weighted by atomic mass is 9.76. The average Bonchev–Trinajstić information content (AvgIpc) is 3.24. The van der Waals surface area contributed by atoms with Crippen molar-refractivity contribution in [1.29, 1.82) is 0 Å². The van der Waals surface area contributed by atoms with Crippen molar-refractivity contribution < 1.29 is 14.1 Å². The third-order valence-electron chi connectivity index (χ3n) is 5.06. The zero-order valence-electron chi connectivity index (χ0n) is 14.8. The van der Waals surface area contributed by atoms with Gasteiger partial charge in [0.1, 0.15) is 5.76 Å². The van der Waals surface area contributed by atoms with Gasteiger partial charge in [-0.05, 0) is 31.7 Å². The highest BCUT2D eigenvalue weighted by molar-refractivity contribution is 5.83. The van der Waals surface area contributed by atoms with Gasteiger partial charge in [-0.25, -0.2) is 0 Å². The summed E-state index contributed by atoms with van der Waals surface area (Å²) in [6.07, 6.45) is 3.48. The van der Waals surface area contributed by atoms with Crippen LogP contribution in [-0.4, -0.2) is 43.9 Å². The van der Waals surface area contributed by atoms with Crippen LogP contribution in [0.15, 0.2) is 10.6 Å². The number of rotatable bonds is 6. The molecule has 6 heteroatoms. The van der Waals surface area contributed by atoms with E-state index in [2.05, 4.69) is 29.6 Å². The summed E-state index contributed by atoms with van der Waals surface area (Å²) in [5.41, 5.74) is 0.528. The van der Waals surface area contributed by atoms with E-state index in [1.54, 1.807) is 0 Å². The summed E-state index contributed by atoms with van der Waals surface area (Å²) in [7, 11) is 0. The van der Waals surface area contributed by atoms with Crippen LogP contribution in [0.3, 0.4) is 0 Å². The molecule has 2 fully saturated rings. The van der Waals surface area contributed by atoms with Gasteiger partial charge in [0.25, 0.3) is 0 Å². The van der Waals surface area contributed by atoms with Gasteiger partial charge in [0, 0.05) is 38.1 Å². The Morgan fingerprint density at radius 2 is 2.42 bits per heavy atom. The molecule has 134 valence electrons. The normalized spacial score (nSPS) is 27.5. The Labute approximate surface area is 143 Å². The molecule has 0 aromatic carbocycles. The Morgan fingerprint density at radius 1 is 1.54 bits per heavy atom. The SMILES string of the molecule is CC(C)CNC(=O)C1(Cc2cc(C3CCOC3)no2)CCCNC1. The van der Waals surface area contributed by atoms with Gasteiger partial charge in [-0.3, -0.25) is 4.79 Å². The molecular weight excluding hydrogens is 306 g/mol. The van der Waals surface area contributed by atoms with Crippen molar-refractivity contribution in [2.24, 2.45) is 11.3 Å². The number of carbonyl (C=O) groups excluding carboxylic acids is 1. The molecule has 3 rings (SSSR count). The van der Waals surface area contributed by atoms with Crippen molar-refractivity contribution in [3.63, 3.8) is 0 Å². The van der Waals surface area contributed by atoms with E-state index in [9.17, 15) is 4.79 Å². The average molecular weight is 335 g/mol. The maximum absolute atomic E-state index is 12.9. The first kappa shape index (κ1) is 17.4. The van der Waals surface area contributed by atoms with Gasteiger partial charge in [0.15, 0.2) is 0 Å². The third-order valence-corrected chi connectivity index (χ3v) is 5.06. The van der Waals surface area contributed by atoms with Gasteiger partial charge in [0.2, 0.25) is 5.91 Å². The molecule has 0 aliphatic carbocycles. The van der Waals surface area contributed by atoms with Crippen molar-refractivity contribution in [2.45, 2.75) is 45.4 Å². The Kier molecular flexibility index (Phi) is 5.56. The maximum Gasteiger partial charge on any atom is 0.227 e. The molecule has 2 aliphatic rings. The highest BCUT2D eigenvalue weighted by Crippen LogP contribution is 2.33. The lowest BCUT2D eigenvalue weighted by molar-refractivity contribution is -0.132. The van der Waals surface area contributed by atoms with E-state index >= 15 is 0 Å². The minimum absolute atomic E-state index is 0.130. The number of piperidine rings is 1. The van der Waals surface area contributed by atoms with Crippen LogP contribution < -0.4 is 10.6 Å². The van der Waals surface area contributed by atoms with Crippen molar-refractivity contribution in [3.8, 4) is 0 Å². The summed E-state index contributed by atoms with van der Waals surface area (Å²) in [6.45, 7) is 8.10. The number of aromatic nitrogens is 1. The van der Waals surface area contributed by atoms with Gasteiger partial charge in [-0.15, -0.1) is 0 Å². The van der Waals surface area contributed by atoms with E-state index in [1.807, 2.05) is 6.07 Å². The molecule has 1 aromatic rings. The van der Waals surface area contributed by atoms with Crippen molar-refractivity contribution in [3.05, 3.63) is 17.5 Å². The zero-order chi connectivity index (χ0) is 17.0. The van der Waals surface area contributed by atoms with Crippen LogP contribution in [-0.2, 0) is 16.0 Å². The second-order valence-corrected chi connectivity index (χ2v) is 7.62. The van der Waals surface area contributed by atoms with Crippen molar-refractivity contribution in [2.75, 3.05) is 32.8 Å². The Morgan fingerprint density at radius 3 is 3.08 bits per heavy atom. The third kappa shape index (κ3) is 3.98. The molecule has 6 nitrogen and oxygen atoms in total. The van der Waals surface area contributed by atoms with Crippen LogP contribution in [0.25, 0.3) is 0 Å². The molecule has 2 saturated heterocycles. The summed E-state index contributed by atoms with van der Waals surface area (Å²) in [5, 5.41) is 10.7. The van der Waals surface area contributed by atoms with Gasteiger partial charge < -0.3 is 19.9 Å². The number of amides is 1. The van der Waals surface area contributed by atoms with E-state index in [0.717, 1.165) is 43.9 Å². The van der Waals surface area contributed by atoms with E-state index in [-0.39, 0.29) is 5.91 Å². The number of nitrogens with one attached hydrogen (secondary N) is 2. The standard InChI is InChI=1S/C18H29N3O3/c1-13(2)10-20-17(22)18(5-3-6-19-12-18)9-15-8-16(21-24-15)14-4-7-23-11-14/h8,13-14,19H,3-7,9-12H2,1-2H3,(H,20,22). The minimum atomic E-state index is -0.434. The quantitative estimate of drug-likeness (QED) is 0.830. The topological polar surface area (TPSA) is 76.4 Å². The summed E-state index contributed by atoms with van der Waals surface area (Å²) in [5.74, 6) is 1.71. The second kappa shape index (κ2) is 7.66. The summed E-state index contributed by atoms with van der Waals surface area (Å²) in [4.78, 5) is 12.9. The van der Waals surface area contributed by atoms with Crippen molar-refractivity contribution >= 4 is 5.91 Å². The Hall–Kier alpha value is -1.40. The molecule has 0 saturated carbocycles. The number of ether oxygens (including phenoxy) is 1. The van der Waals surface area contributed by atoms with E-state index in [0.29, 0.717) is 38.0 Å². The number of hydrogen-bond donors (Lipinski definition) is 2. The van der Waals surface area contributed by atoms with Crippen molar-refractivity contribution in [1.82, 2.24) is 15.8 Å². The van der Waals surface area contributed by atoms with Crippen LogP contribution in [0.2, 0.25) is 0 Å². The molecule has 24 heavy (non-hydrogen) atoms. The fourth-order valence-electron chi connectivity index (χ4n) is 3.58. The summed E-state index contributed by atoms with van der Waals surface area (Å²) < 4.78 is 11.0. The molecule has 0 spiro atoms. The highest BCUT2D eigenvalue weighted by Gasteiger charge is 2.41. The van der Waals surface area contributed by atoms with Crippen LogP contribution >= 0.6 is 0 Å². The van der Waals surface area contributed by atoms with Gasteiger partial charge in [-0.2, -0.15) is 0 Å². The monoisotopic (exact) mass is 335 g/mol. The minimum Gasteiger partial charge on any atom is -0.381 e. The van der Waals surface area contributed by atoms with E-state index in [4.69, 9.17) is 9.26 Å². The van der Waals surface area contributed by atoms with E-state index < -0.39 is 5.41 Å². The molecule has 2 unspecified atom stereocenters. The number of carbonyl (C=O) groups is 1. The fourth-order valence-corrected chi connectivity index (χ4v) is 3.58. The smallest absolute Gasteiger partial charge is 0.227 e. The molecule has 2 aliphatic heterocycles. The largest absolute Gasteiger partial charge is 0.381 e. The Bertz CT molecular complexity index is 543. The van der Waals surface area contributed by atoms with Gasteiger partial charge in [-0.1, -0.05) is 19.0 Å². The summed E-state index contributed by atoms with van der Waals surface area (Å²) >= 11 is 0. The Balaban J connectivity index is 1.70. The fraction of sp³-hybridized carbons (Fsp3) is 0.778. The first-order valence-electron chi connectivity index (χ1n) is 9.11.